The Labute approximate surface area is 169 Å². The Morgan fingerprint density at radius 1 is 1.07 bits per heavy atom. The number of imide groups is 1. The van der Waals surface area contributed by atoms with Crippen molar-refractivity contribution in [2.24, 2.45) is 34.7 Å². The van der Waals surface area contributed by atoms with Gasteiger partial charge in [0.15, 0.2) is 0 Å². The molecule has 1 saturated carbocycles. The number of fused-ring (bicyclic) bond motifs is 5. The molecule has 0 radical (unpaired) electrons. The molecule has 29 heavy (non-hydrogen) atoms. The van der Waals surface area contributed by atoms with E-state index in [1.54, 1.807) is 13.8 Å². The normalized spacial score (nSPS) is 28.9. The average molecular weight is 417 g/mol. The lowest BCUT2D eigenvalue weighted by atomic mass is 9.85. The summed E-state index contributed by atoms with van der Waals surface area (Å²) in [5.41, 5.74) is 0.356. The number of sulfonamides is 1. The zero-order valence-electron chi connectivity index (χ0n) is 16.1. The lowest BCUT2D eigenvalue weighted by Gasteiger charge is -2.29. The molecule has 0 aromatic heterocycles. The first-order chi connectivity index (χ1) is 13.6. The average Bonchev–Trinajstić information content (AvgIpc) is 3.31. The van der Waals surface area contributed by atoms with Gasteiger partial charge in [0, 0.05) is 5.69 Å². The van der Waals surface area contributed by atoms with Crippen LogP contribution in [0.2, 0.25) is 0 Å². The van der Waals surface area contributed by atoms with E-state index in [2.05, 4.69) is 5.32 Å². The third-order valence-electron chi connectivity index (χ3n) is 6.13. The van der Waals surface area contributed by atoms with Crippen molar-refractivity contribution in [2.45, 2.75) is 31.2 Å². The molecular formula is C20H23N3O5S. The number of allylic oxidation sites excluding steroid dienone is 2. The Bertz CT molecular complexity index is 985. The summed E-state index contributed by atoms with van der Waals surface area (Å²) in [5.74, 6) is -1.87. The molecule has 2 fully saturated rings. The Morgan fingerprint density at radius 3 is 2.03 bits per heavy atom. The van der Waals surface area contributed by atoms with Crippen LogP contribution in [0.3, 0.4) is 0 Å². The van der Waals surface area contributed by atoms with Crippen LogP contribution in [-0.2, 0) is 24.4 Å². The standard InChI is InChI=1S/C20H23N3O5S/c1-10(2)17(18(24)22-13-5-7-14(8-6-13)29(21,27)28)23-19(25)15-11-3-4-12(9-11)16(15)20(23)26/h3-8,10-12,15-17H,9H2,1-2H3,(H,22,24)(H2,21,27,28)/t11-,12-,15+,16+,17+/m0/s1. The third kappa shape index (κ3) is 3.18. The molecule has 4 rings (SSSR count). The van der Waals surface area contributed by atoms with E-state index in [0.29, 0.717) is 5.69 Å². The Kier molecular flexibility index (Phi) is 4.62. The van der Waals surface area contributed by atoms with Crippen LogP contribution in [0.4, 0.5) is 5.69 Å². The highest BCUT2D eigenvalue weighted by molar-refractivity contribution is 7.89. The molecule has 0 spiro atoms. The van der Waals surface area contributed by atoms with Crippen molar-refractivity contribution in [2.75, 3.05) is 5.32 Å². The Morgan fingerprint density at radius 2 is 1.59 bits per heavy atom. The monoisotopic (exact) mass is 417 g/mol. The summed E-state index contributed by atoms with van der Waals surface area (Å²) in [5, 5.41) is 7.77. The predicted molar refractivity (Wildman–Crippen MR) is 105 cm³/mol. The molecule has 3 N–H and O–H groups in total. The molecule has 1 aromatic carbocycles. The van der Waals surface area contributed by atoms with Gasteiger partial charge in [-0.3, -0.25) is 19.3 Å². The van der Waals surface area contributed by atoms with Gasteiger partial charge in [0.25, 0.3) is 0 Å². The van der Waals surface area contributed by atoms with Crippen molar-refractivity contribution >= 4 is 33.4 Å². The van der Waals surface area contributed by atoms with Gasteiger partial charge in [-0.15, -0.1) is 0 Å². The number of carbonyl (C=O) groups is 3. The minimum Gasteiger partial charge on any atom is -0.324 e. The van der Waals surface area contributed by atoms with Gasteiger partial charge < -0.3 is 5.32 Å². The minimum absolute atomic E-state index is 0.0726. The number of carbonyl (C=O) groups excluding carboxylic acids is 3. The van der Waals surface area contributed by atoms with E-state index in [4.69, 9.17) is 5.14 Å². The van der Waals surface area contributed by atoms with Gasteiger partial charge in [0.05, 0.1) is 16.7 Å². The number of rotatable bonds is 5. The number of nitrogens with one attached hydrogen (secondary N) is 1. The molecule has 1 heterocycles. The van der Waals surface area contributed by atoms with Crippen molar-refractivity contribution < 1.29 is 22.8 Å². The highest BCUT2D eigenvalue weighted by Crippen LogP contribution is 2.53. The molecule has 5 atom stereocenters. The number of hydrogen-bond donors (Lipinski definition) is 2. The number of anilines is 1. The van der Waals surface area contributed by atoms with E-state index in [0.717, 1.165) is 11.3 Å². The maximum absolute atomic E-state index is 13.1. The van der Waals surface area contributed by atoms with Crippen LogP contribution in [0.15, 0.2) is 41.3 Å². The van der Waals surface area contributed by atoms with Gasteiger partial charge in [0.1, 0.15) is 6.04 Å². The molecule has 1 aromatic rings. The van der Waals surface area contributed by atoms with E-state index in [1.165, 1.54) is 24.3 Å². The van der Waals surface area contributed by atoms with Crippen molar-refractivity contribution in [1.29, 1.82) is 0 Å². The lowest BCUT2D eigenvalue weighted by Crippen LogP contribution is -2.51. The lowest BCUT2D eigenvalue weighted by molar-refractivity contribution is -0.148. The zero-order valence-corrected chi connectivity index (χ0v) is 16.9. The second kappa shape index (κ2) is 6.77. The fourth-order valence-electron chi connectivity index (χ4n) is 4.86. The molecule has 2 aliphatic carbocycles. The van der Waals surface area contributed by atoms with Crippen LogP contribution < -0.4 is 10.5 Å². The summed E-state index contributed by atoms with van der Waals surface area (Å²) in [6.45, 7) is 3.58. The van der Waals surface area contributed by atoms with Crippen molar-refractivity contribution in [3.05, 3.63) is 36.4 Å². The fourth-order valence-corrected chi connectivity index (χ4v) is 5.38. The number of primary sulfonamides is 1. The van der Waals surface area contributed by atoms with Gasteiger partial charge >= 0.3 is 0 Å². The fraction of sp³-hybridized carbons (Fsp3) is 0.450. The third-order valence-corrected chi connectivity index (χ3v) is 7.06. The van der Waals surface area contributed by atoms with E-state index < -0.39 is 22.0 Å². The van der Waals surface area contributed by atoms with E-state index >= 15 is 0 Å². The van der Waals surface area contributed by atoms with E-state index in [-0.39, 0.29) is 46.3 Å². The number of hydrogen-bond acceptors (Lipinski definition) is 5. The minimum atomic E-state index is -3.84. The molecule has 8 nitrogen and oxygen atoms in total. The molecule has 1 aliphatic heterocycles. The first-order valence-corrected chi connectivity index (χ1v) is 11.1. The smallest absolute Gasteiger partial charge is 0.247 e. The predicted octanol–water partition coefficient (Wildman–Crippen LogP) is 1.10. The van der Waals surface area contributed by atoms with E-state index in [9.17, 15) is 22.8 Å². The van der Waals surface area contributed by atoms with Crippen LogP contribution >= 0.6 is 0 Å². The summed E-state index contributed by atoms with van der Waals surface area (Å²) >= 11 is 0. The highest BCUT2D eigenvalue weighted by atomic mass is 32.2. The summed E-state index contributed by atoms with van der Waals surface area (Å²) < 4.78 is 22.7. The highest BCUT2D eigenvalue weighted by Gasteiger charge is 2.61. The second-order valence-corrected chi connectivity index (χ2v) is 9.86. The summed E-state index contributed by atoms with van der Waals surface area (Å²) in [6.07, 6.45) is 4.85. The molecule has 1 saturated heterocycles. The molecule has 0 unspecified atom stereocenters. The Balaban J connectivity index is 1.56. The number of amides is 3. The number of likely N-dealkylation sites (tertiary alicyclic amines) is 1. The molecule has 9 heteroatoms. The van der Waals surface area contributed by atoms with Crippen molar-refractivity contribution in [1.82, 2.24) is 4.90 Å². The first-order valence-electron chi connectivity index (χ1n) is 9.58. The molecule has 2 bridgehead atoms. The summed E-state index contributed by atoms with van der Waals surface area (Å²) in [6, 6.07) is 4.48. The van der Waals surface area contributed by atoms with Crippen molar-refractivity contribution in [3.8, 4) is 0 Å². The quantitative estimate of drug-likeness (QED) is 0.548. The van der Waals surface area contributed by atoms with Gasteiger partial charge in [0.2, 0.25) is 27.7 Å². The van der Waals surface area contributed by atoms with Crippen LogP contribution in [0.5, 0.6) is 0 Å². The first kappa shape index (κ1) is 19.8. The Hall–Kier alpha value is -2.52. The van der Waals surface area contributed by atoms with Gasteiger partial charge in [-0.25, -0.2) is 13.6 Å². The maximum atomic E-state index is 13.1. The summed E-state index contributed by atoms with van der Waals surface area (Å²) in [7, 11) is -3.84. The summed E-state index contributed by atoms with van der Waals surface area (Å²) in [4.78, 5) is 40.2. The molecule has 154 valence electrons. The molecular weight excluding hydrogens is 394 g/mol. The number of nitrogens with zero attached hydrogens (tertiary/aromatic N) is 1. The van der Waals surface area contributed by atoms with E-state index in [1.807, 2.05) is 12.2 Å². The van der Waals surface area contributed by atoms with Crippen LogP contribution in [0.1, 0.15) is 20.3 Å². The number of benzene rings is 1. The molecule has 3 amide bonds. The maximum Gasteiger partial charge on any atom is 0.247 e. The van der Waals surface area contributed by atoms with Crippen molar-refractivity contribution in [3.63, 3.8) is 0 Å². The van der Waals surface area contributed by atoms with Crippen LogP contribution in [0.25, 0.3) is 0 Å². The SMILES string of the molecule is CC(C)[C@H](C(=O)Nc1ccc(S(N)(=O)=O)cc1)N1C(=O)[C@H]2[C@H](C1=O)[C@H]1C=C[C@H]2C1. The van der Waals surface area contributed by atoms with Crippen LogP contribution in [-0.4, -0.2) is 37.1 Å². The van der Waals surface area contributed by atoms with Crippen LogP contribution in [0, 0.1) is 29.6 Å². The second-order valence-electron chi connectivity index (χ2n) is 8.29. The van der Waals surface area contributed by atoms with Gasteiger partial charge in [-0.2, -0.15) is 0 Å². The number of nitrogens with two attached hydrogens (primary N) is 1. The van der Waals surface area contributed by atoms with Gasteiger partial charge in [-0.05, 0) is 48.4 Å². The zero-order chi connectivity index (χ0) is 21.1. The van der Waals surface area contributed by atoms with Gasteiger partial charge in [-0.1, -0.05) is 26.0 Å². The molecule has 3 aliphatic rings. The topological polar surface area (TPSA) is 127 Å². The largest absolute Gasteiger partial charge is 0.324 e.